The van der Waals surface area contributed by atoms with Crippen molar-refractivity contribution in [1.29, 1.82) is 0 Å². The number of amides is 2. The van der Waals surface area contributed by atoms with Gasteiger partial charge in [0.2, 0.25) is 0 Å². The minimum atomic E-state index is -0.624. The molecular formula is C22H24N8O4. The molecule has 0 spiro atoms. The van der Waals surface area contributed by atoms with Crippen LogP contribution in [0.1, 0.15) is 26.3 Å². The topological polar surface area (TPSA) is 120 Å². The lowest BCUT2D eigenvalue weighted by Gasteiger charge is -2.34. The highest BCUT2D eigenvalue weighted by Crippen LogP contribution is 2.19. The zero-order chi connectivity index (χ0) is 23.7. The molecule has 0 bridgehead atoms. The van der Waals surface area contributed by atoms with Gasteiger partial charge in [-0.25, -0.2) is 19.0 Å². The SMILES string of the molecule is C[C@@H](OC(=O)N1CCN(C(=O)O[C@H](C)n2nnc3ccccc32)CC1)n1nnc2ccccc21. The van der Waals surface area contributed by atoms with Gasteiger partial charge in [-0.05, 0) is 38.1 Å². The summed E-state index contributed by atoms with van der Waals surface area (Å²) in [7, 11) is 0. The van der Waals surface area contributed by atoms with Gasteiger partial charge in [-0.15, -0.1) is 10.2 Å². The average Bonchev–Trinajstić information content (AvgIpc) is 3.48. The van der Waals surface area contributed by atoms with E-state index in [0.717, 1.165) is 22.1 Å². The molecule has 0 unspecified atom stereocenters. The van der Waals surface area contributed by atoms with Crippen LogP contribution < -0.4 is 0 Å². The number of para-hydroxylation sites is 2. The van der Waals surface area contributed by atoms with E-state index in [1.54, 1.807) is 33.0 Å². The van der Waals surface area contributed by atoms with Crippen LogP contribution in [0.4, 0.5) is 9.59 Å². The van der Waals surface area contributed by atoms with E-state index in [1.807, 2.05) is 48.5 Å². The first-order valence-electron chi connectivity index (χ1n) is 11.0. The van der Waals surface area contributed by atoms with Gasteiger partial charge in [0.15, 0.2) is 12.5 Å². The van der Waals surface area contributed by atoms with E-state index in [9.17, 15) is 9.59 Å². The van der Waals surface area contributed by atoms with E-state index >= 15 is 0 Å². The van der Waals surface area contributed by atoms with Crippen LogP contribution in [-0.2, 0) is 9.47 Å². The molecule has 12 nitrogen and oxygen atoms in total. The molecule has 12 heteroatoms. The van der Waals surface area contributed by atoms with Crippen molar-refractivity contribution >= 4 is 34.3 Å². The van der Waals surface area contributed by atoms with Crippen molar-refractivity contribution in [3.05, 3.63) is 48.5 Å². The van der Waals surface area contributed by atoms with Crippen LogP contribution in [0.5, 0.6) is 0 Å². The second-order valence-electron chi connectivity index (χ2n) is 7.99. The second kappa shape index (κ2) is 8.96. The summed E-state index contributed by atoms with van der Waals surface area (Å²) in [4.78, 5) is 28.5. The molecule has 4 aromatic rings. The maximum atomic E-state index is 12.7. The average molecular weight is 464 g/mol. The van der Waals surface area contributed by atoms with Crippen molar-refractivity contribution in [2.45, 2.75) is 26.3 Å². The zero-order valence-electron chi connectivity index (χ0n) is 18.8. The van der Waals surface area contributed by atoms with Crippen molar-refractivity contribution in [2.75, 3.05) is 26.2 Å². The molecule has 2 aromatic carbocycles. The molecule has 0 aliphatic carbocycles. The number of ether oxygens (including phenoxy) is 2. The Hall–Kier alpha value is -4.22. The highest BCUT2D eigenvalue weighted by Gasteiger charge is 2.28. The van der Waals surface area contributed by atoms with Gasteiger partial charge >= 0.3 is 12.2 Å². The number of carbonyl (C=O) groups is 2. The number of rotatable bonds is 4. The number of fused-ring (bicyclic) bond motifs is 2. The first kappa shape index (κ1) is 21.6. The van der Waals surface area contributed by atoms with Crippen LogP contribution in [-0.4, -0.2) is 78.2 Å². The van der Waals surface area contributed by atoms with E-state index in [-0.39, 0.29) is 0 Å². The van der Waals surface area contributed by atoms with Crippen LogP contribution in [0.3, 0.4) is 0 Å². The quantitative estimate of drug-likeness (QED) is 0.452. The molecule has 3 heterocycles. The van der Waals surface area contributed by atoms with Crippen LogP contribution in [0.2, 0.25) is 0 Å². The molecule has 2 atom stereocenters. The van der Waals surface area contributed by atoms with Gasteiger partial charge in [-0.2, -0.15) is 0 Å². The summed E-state index contributed by atoms with van der Waals surface area (Å²) in [6.45, 7) is 4.81. The predicted octanol–water partition coefficient (Wildman–Crippen LogP) is 2.80. The monoisotopic (exact) mass is 464 g/mol. The van der Waals surface area contributed by atoms with Crippen LogP contribution >= 0.6 is 0 Å². The van der Waals surface area contributed by atoms with Gasteiger partial charge in [0, 0.05) is 26.2 Å². The third-order valence-electron chi connectivity index (χ3n) is 5.78. The first-order valence-corrected chi connectivity index (χ1v) is 11.0. The fraction of sp³-hybridized carbons (Fsp3) is 0.364. The van der Waals surface area contributed by atoms with Gasteiger partial charge in [0.1, 0.15) is 11.0 Å². The molecule has 5 rings (SSSR count). The molecule has 0 N–H and O–H groups in total. The van der Waals surface area contributed by atoms with Crippen molar-refractivity contribution in [1.82, 2.24) is 39.8 Å². The Bertz CT molecular complexity index is 1220. The van der Waals surface area contributed by atoms with Crippen molar-refractivity contribution in [3.8, 4) is 0 Å². The normalized spacial score (nSPS) is 15.9. The van der Waals surface area contributed by atoms with Crippen LogP contribution in [0, 0.1) is 0 Å². The smallest absolute Gasteiger partial charge is 0.411 e. The minimum absolute atomic E-state index is 0.333. The van der Waals surface area contributed by atoms with Crippen molar-refractivity contribution < 1.29 is 19.1 Å². The lowest BCUT2D eigenvalue weighted by Crippen LogP contribution is -2.51. The molecule has 2 amide bonds. The molecule has 0 saturated carbocycles. The summed E-state index contributed by atoms with van der Waals surface area (Å²) in [5.41, 5.74) is 3.02. The largest absolute Gasteiger partial charge is 0.424 e. The number of hydrogen-bond donors (Lipinski definition) is 0. The zero-order valence-corrected chi connectivity index (χ0v) is 18.8. The maximum Gasteiger partial charge on any atom is 0.411 e. The van der Waals surface area contributed by atoms with Gasteiger partial charge in [-0.1, -0.05) is 34.7 Å². The highest BCUT2D eigenvalue weighted by atomic mass is 16.6. The summed E-state index contributed by atoms with van der Waals surface area (Å²) >= 11 is 0. The second-order valence-corrected chi connectivity index (χ2v) is 7.99. The summed E-state index contributed by atoms with van der Waals surface area (Å²) in [6, 6.07) is 14.9. The number of hydrogen-bond acceptors (Lipinski definition) is 8. The number of nitrogens with zero attached hydrogens (tertiary/aromatic N) is 8. The Balaban J connectivity index is 1.14. The van der Waals surface area contributed by atoms with E-state index in [4.69, 9.17) is 9.47 Å². The Kier molecular flexibility index (Phi) is 5.70. The third kappa shape index (κ3) is 4.09. The highest BCUT2D eigenvalue weighted by molar-refractivity contribution is 5.75. The van der Waals surface area contributed by atoms with Crippen molar-refractivity contribution in [3.63, 3.8) is 0 Å². The van der Waals surface area contributed by atoms with Gasteiger partial charge in [-0.3, -0.25) is 0 Å². The van der Waals surface area contributed by atoms with Crippen molar-refractivity contribution in [2.24, 2.45) is 0 Å². The third-order valence-corrected chi connectivity index (χ3v) is 5.78. The summed E-state index contributed by atoms with van der Waals surface area (Å²) in [5.74, 6) is 0. The molecule has 1 saturated heterocycles. The number of aromatic nitrogens is 6. The summed E-state index contributed by atoms with van der Waals surface area (Å²) < 4.78 is 14.3. The Labute approximate surface area is 194 Å². The lowest BCUT2D eigenvalue weighted by atomic mass is 10.3. The van der Waals surface area contributed by atoms with Crippen LogP contribution in [0.15, 0.2) is 48.5 Å². The number of piperazine rings is 1. The molecule has 0 radical (unpaired) electrons. The molecule has 2 aromatic heterocycles. The van der Waals surface area contributed by atoms with Gasteiger partial charge < -0.3 is 19.3 Å². The van der Waals surface area contributed by atoms with Gasteiger partial charge in [0.25, 0.3) is 0 Å². The summed E-state index contributed by atoms with van der Waals surface area (Å²) in [6.07, 6.45) is -2.19. The molecule has 1 fully saturated rings. The standard InChI is InChI=1S/C22H24N8O4/c1-15(29-19-9-5-3-7-17(19)23-25-29)33-21(31)27-11-13-28(14-12-27)22(32)34-16(2)30-20-10-6-4-8-18(20)24-26-30/h3-10,15-16H,11-14H2,1-2H3/t15-,16-/m1/s1. The predicted molar refractivity (Wildman–Crippen MR) is 121 cm³/mol. The molecule has 1 aliphatic rings. The lowest BCUT2D eigenvalue weighted by molar-refractivity contribution is 0.00694. The number of carbonyl (C=O) groups excluding carboxylic acids is 2. The fourth-order valence-corrected chi connectivity index (χ4v) is 3.92. The molecule has 176 valence electrons. The molecular weight excluding hydrogens is 440 g/mol. The Morgan fingerprint density at radius 1 is 0.706 bits per heavy atom. The summed E-state index contributed by atoms with van der Waals surface area (Å²) in [5, 5.41) is 16.3. The van der Waals surface area contributed by atoms with E-state index in [0.29, 0.717) is 26.2 Å². The Morgan fingerprint density at radius 3 is 1.50 bits per heavy atom. The van der Waals surface area contributed by atoms with Crippen LogP contribution in [0.25, 0.3) is 22.1 Å². The minimum Gasteiger partial charge on any atom is -0.424 e. The molecule has 34 heavy (non-hydrogen) atoms. The first-order chi connectivity index (χ1) is 16.5. The van der Waals surface area contributed by atoms with Gasteiger partial charge in [0.05, 0.1) is 11.0 Å². The Morgan fingerprint density at radius 2 is 1.09 bits per heavy atom. The number of benzene rings is 2. The van der Waals surface area contributed by atoms with E-state index < -0.39 is 24.6 Å². The molecule has 1 aliphatic heterocycles. The fourth-order valence-electron chi connectivity index (χ4n) is 3.92. The van der Waals surface area contributed by atoms with E-state index in [2.05, 4.69) is 20.6 Å². The van der Waals surface area contributed by atoms with E-state index in [1.165, 1.54) is 0 Å². The maximum absolute atomic E-state index is 12.7.